The van der Waals surface area contributed by atoms with Crippen molar-refractivity contribution < 1.29 is 13.2 Å². The summed E-state index contributed by atoms with van der Waals surface area (Å²) in [6.45, 7) is 0. The van der Waals surface area contributed by atoms with Crippen molar-refractivity contribution in [2.45, 2.75) is 23.8 Å². The Kier molecular flexibility index (Phi) is 5.26. The highest BCUT2D eigenvalue weighted by Crippen LogP contribution is 2.37. The smallest absolute Gasteiger partial charge is 0.274 e. The van der Waals surface area contributed by atoms with Crippen molar-refractivity contribution in [3.8, 4) is 22.5 Å². The highest BCUT2D eigenvalue weighted by Gasteiger charge is 2.26. The Morgan fingerprint density at radius 3 is 2.55 bits per heavy atom. The van der Waals surface area contributed by atoms with Crippen LogP contribution in [-0.2, 0) is 9.84 Å². The molecule has 8 nitrogen and oxygen atoms in total. The van der Waals surface area contributed by atoms with Gasteiger partial charge in [0.2, 0.25) is 0 Å². The lowest BCUT2D eigenvalue weighted by Crippen LogP contribution is -2.13. The maximum absolute atomic E-state index is 12.9. The molecule has 1 amide bonds. The van der Waals surface area contributed by atoms with Crippen LogP contribution in [0.15, 0.2) is 78.1 Å². The first-order chi connectivity index (χ1) is 15.9. The Morgan fingerprint density at radius 1 is 1.00 bits per heavy atom. The molecule has 33 heavy (non-hydrogen) atoms. The fraction of sp³-hybridized carbons (Fsp3) is 0.167. The number of nitrogens with zero attached hydrogens (tertiary/aromatic N) is 4. The van der Waals surface area contributed by atoms with Crippen LogP contribution in [0.5, 0.6) is 0 Å². The van der Waals surface area contributed by atoms with Gasteiger partial charge in [0, 0.05) is 29.7 Å². The number of rotatable bonds is 6. The van der Waals surface area contributed by atoms with Gasteiger partial charge in [-0.25, -0.2) is 8.42 Å². The number of carbonyl (C=O) groups is 1. The Labute approximate surface area is 191 Å². The molecule has 2 aromatic carbocycles. The highest BCUT2D eigenvalue weighted by atomic mass is 32.2. The Balaban J connectivity index is 1.39. The number of amides is 1. The van der Waals surface area contributed by atoms with Gasteiger partial charge in [0.15, 0.2) is 15.7 Å². The number of benzene rings is 2. The van der Waals surface area contributed by atoms with Crippen LogP contribution in [0.2, 0.25) is 0 Å². The van der Waals surface area contributed by atoms with Crippen molar-refractivity contribution in [3.63, 3.8) is 0 Å². The van der Waals surface area contributed by atoms with E-state index in [4.69, 9.17) is 0 Å². The topological polar surface area (TPSA) is 107 Å². The molecule has 166 valence electrons. The van der Waals surface area contributed by atoms with Gasteiger partial charge in [-0.3, -0.25) is 9.78 Å². The standard InChI is InChI=1S/C24H21N5O3S/c1-33(31,32)21-7-3-4-16(13-21)17-10-11-25-22(14-17)24(30)27-19-6-2-5-18(12-19)23-28-26-15-29(23)20-8-9-20/h2-7,10-15,20H,8-9H2,1H3,(H,27,30). The molecule has 1 saturated carbocycles. The molecular formula is C24H21N5O3S. The van der Waals surface area contributed by atoms with E-state index in [0.717, 1.165) is 24.2 Å². The fourth-order valence-corrected chi connectivity index (χ4v) is 4.31. The zero-order valence-electron chi connectivity index (χ0n) is 17.8. The molecule has 0 aliphatic heterocycles. The van der Waals surface area contributed by atoms with Crippen LogP contribution in [0.25, 0.3) is 22.5 Å². The molecule has 1 N–H and O–H groups in total. The normalized spacial score (nSPS) is 13.6. The van der Waals surface area contributed by atoms with E-state index in [1.165, 1.54) is 12.5 Å². The lowest BCUT2D eigenvalue weighted by atomic mass is 10.1. The molecular weight excluding hydrogens is 438 g/mol. The van der Waals surface area contributed by atoms with Crippen LogP contribution < -0.4 is 5.32 Å². The van der Waals surface area contributed by atoms with Crippen LogP contribution in [0.3, 0.4) is 0 Å². The van der Waals surface area contributed by atoms with Gasteiger partial charge in [-0.05, 0) is 60.4 Å². The SMILES string of the molecule is CS(=O)(=O)c1cccc(-c2ccnc(C(=O)Nc3cccc(-c4nncn4C4CC4)c3)c2)c1. The maximum atomic E-state index is 12.9. The van der Waals surface area contributed by atoms with Crippen LogP contribution in [0.1, 0.15) is 29.4 Å². The zero-order valence-corrected chi connectivity index (χ0v) is 18.7. The summed E-state index contributed by atoms with van der Waals surface area (Å²) in [4.78, 5) is 17.3. The summed E-state index contributed by atoms with van der Waals surface area (Å²) < 4.78 is 25.8. The van der Waals surface area contributed by atoms with Gasteiger partial charge < -0.3 is 9.88 Å². The number of hydrogen-bond acceptors (Lipinski definition) is 6. The molecule has 4 aromatic rings. The van der Waals surface area contributed by atoms with Gasteiger partial charge in [0.05, 0.1) is 4.90 Å². The van der Waals surface area contributed by atoms with Crippen molar-refractivity contribution in [1.29, 1.82) is 0 Å². The van der Waals surface area contributed by atoms with Crippen molar-refractivity contribution in [2.24, 2.45) is 0 Å². The highest BCUT2D eigenvalue weighted by molar-refractivity contribution is 7.90. The monoisotopic (exact) mass is 459 g/mol. The summed E-state index contributed by atoms with van der Waals surface area (Å²) in [6, 6.07) is 17.9. The maximum Gasteiger partial charge on any atom is 0.274 e. The minimum Gasteiger partial charge on any atom is -0.321 e. The minimum absolute atomic E-state index is 0.221. The van der Waals surface area contributed by atoms with Gasteiger partial charge in [-0.2, -0.15) is 0 Å². The molecule has 0 spiro atoms. The molecule has 1 aliphatic rings. The molecule has 2 heterocycles. The summed E-state index contributed by atoms with van der Waals surface area (Å²) in [5.41, 5.74) is 3.11. The average Bonchev–Trinajstić information content (AvgIpc) is 3.55. The van der Waals surface area contributed by atoms with E-state index >= 15 is 0 Å². The fourth-order valence-electron chi connectivity index (χ4n) is 3.64. The van der Waals surface area contributed by atoms with Crippen molar-refractivity contribution in [3.05, 3.63) is 78.9 Å². The van der Waals surface area contributed by atoms with Gasteiger partial charge in [-0.15, -0.1) is 10.2 Å². The van der Waals surface area contributed by atoms with Crippen LogP contribution in [0, 0.1) is 0 Å². The predicted molar refractivity (Wildman–Crippen MR) is 124 cm³/mol. The molecule has 5 rings (SSSR count). The predicted octanol–water partition coefficient (Wildman–Crippen LogP) is 4.00. The minimum atomic E-state index is -3.33. The number of aromatic nitrogens is 4. The first-order valence-electron chi connectivity index (χ1n) is 10.5. The summed E-state index contributed by atoms with van der Waals surface area (Å²) in [5, 5.41) is 11.2. The lowest BCUT2D eigenvalue weighted by Gasteiger charge is -2.09. The van der Waals surface area contributed by atoms with Crippen LogP contribution in [-0.4, -0.2) is 40.3 Å². The first kappa shape index (κ1) is 21.0. The quantitative estimate of drug-likeness (QED) is 0.467. The summed E-state index contributed by atoms with van der Waals surface area (Å²) in [6.07, 6.45) is 6.68. The molecule has 0 radical (unpaired) electrons. The molecule has 9 heteroatoms. The third kappa shape index (κ3) is 4.54. The van der Waals surface area contributed by atoms with Gasteiger partial charge >= 0.3 is 0 Å². The van der Waals surface area contributed by atoms with E-state index in [9.17, 15) is 13.2 Å². The second-order valence-corrected chi connectivity index (χ2v) is 10.1. The molecule has 0 unspecified atom stereocenters. The molecule has 1 aliphatic carbocycles. The van der Waals surface area contributed by atoms with Gasteiger partial charge in [-0.1, -0.05) is 24.3 Å². The summed E-state index contributed by atoms with van der Waals surface area (Å²) in [5.74, 6) is 0.413. The molecule has 2 aromatic heterocycles. The number of sulfone groups is 1. The number of carbonyl (C=O) groups excluding carboxylic acids is 1. The second kappa shape index (κ2) is 8.25. The second-order valence-electron chi connectivity index (χ2n) is 8.06. The molecule has 0 saturated heterocycles. The zero-order chi connectivity index (χ0) is 23.0. The van der Waals surface area contributed by atoms with E-state index in [0.29, 0.717) is 22.9 Å². The molecule has 0 atom stereocenters. The number of hydrogen-bond donors (Lipinski definition) is 1. The van der Waals surface area contributed by atoms with Crippen molar-refractivity contribution in [2.75, 3.05) is 11.6 Å². The van der Waals surface area contributed by atoms with E-state index in [-0.39, 0.29) is 16.5 Å². The number of pyridine rings is 1. The summed E-state index contributed by atoms with van der Waals surface area (Å²) >= 11 is 0. The number of nitrogens with one attached hydrogen (secondary N) is 1. The van der Waals surface area contributed by atoms with Gasteiger partial charge in [0.1, 0.15) is 12.0 Å². The number of anilines is 1. The van der Waals surface area contributed by atoms with Gasteiger partial charge in [0.25, 0.3) is 5.91 Å². The third-order valence-corrected chi connectivity index (χ3v) is 6.59. The molecule has 1 fully saturated rings. The Hall–Kier alpha value is -3.85. The van der Waals surface area contributed by atoms with E-state index < -0.39 is 9.84 Å². The lowest BCUT2D eigenvalue weighted by molar-refractivity contribution is 0.102. The Bertz CT molecular complexity index is 1460. The van der Waals surface area contributed by atoms with Crippen molar-refractivity contribution in [1.82, 2.24) is 19.7 Å². The summed E-state index contributed by atoms with van der Waals surface area (Å²) in [7, 11) is -3.33. The van der Waals surface area contributed by atoms with E-state index in [2.05, 4.69) is 25.1 Å². The largest absolute Gasteiger partial charge is 0.321 e. The molecule has 0 bridgehead atoms. The van der Waals surface area contributed by atoms with Crippen molar-refractivity contribution >= 4 is 21.4 Å². The first-order valence-corrected chi connectivity index (χ1v) is 12.4. The third-order valence-electron chi connectivity index (χ3n) is 5.48. The van der Waals surface area contributed by atoms with E-state index in [1.807, 2.05) is 18.2 Å². The van der Waals surface area contributed by atoms with Crippen LogP contribution in [0.4, 0.5) is 5.69 Å². The van der Waals surface area contributed by atoms with E-state index in [1.54, 1.807) is 48.8 Å². The Morgan fingerprint density at radius 2 is 1.76 bits per heavy atom. The average molecular weight is 460 g/mol. The van der Waals surface area contributed by atoms with Crippen LogP contribution >= 0.6 is 0 Å².